The highest BCUT2D eigenvalue weighted by Crippen LogP contribution is 2.32. The Morgan fingerprint density at radius 3 is 2.94 bits per heavy atom. The van der Waals surface area contributed by atoms with Crippen LogP contribution in [-0.2, 0) is 0 Å². The van der Waals surface area contributed by atoms with Crippen LogP contribution in [0.5, 0.6) is 0 Å². The zero-order chi connectivity index (χ0) is 11.7. The summed E-state index contributed by atoms with van der Waals surface area (Å²) in [5.74, 6) is 1.59. The first kappa shape index (κ1) is 11.7. The van der Waals surface area contributed by atoms with Gasteiger partial charge in [-0.2, -0.15) is 0 Å². The van der Waals surface area contributed by atoms with Crippen LogP contribution < -0.4 is 10.6 Å². The molecule has 16 heavy (non-hydrogen) atoms. The quantitative estimate of drug-likeness (QED) is 0.907. The maximum Gasteiger partial charge on any atom is 0.152 e. The third-order valence-corrected chi connectivity index (χ3v) is 3.64. The maximum absolute atomic E-state index is 6.03. The SMILES string of the molecule is CC(C)C1CCCN1c1ncc(Br)cc1N. The van der Waals surface area contributed by atoms with Crippen LogP contribution in [0.15, 0.2) is 16.7 Å². The van der Waals surface area contributed by atoms with E-state index in [0.29, 0.717) is 12.0 Å². The molecule has 2 heterocycles. The largest absolute Gasteiger partial charge is 0.396 e. The molecular weight excluding hydrogens is 266 g/mol. The molecule has 1 aliphatic rings. The summed E-state index contributed by atoms with van der Waals surface area (Å²) in [4.78, 5) is 6.80. The molecule has 1 atom stereocenters. The number of hydrogen-bond acceptors (Lipinski definition) is 3. The predicted molar refractivity (Wildman–Crippen MR) is 71.6 cm³/mol. The lowest BCUT2D eigenvalue weighted by Gasteiger charge is -2.29. The fourth-order valence-electron chi connectivity index (χ4n) is 2.44. The van der Waals surface area contributed by atoms with Crippen molar-refractivity contribution < 1.29 is 0 Å². The van der Waals surface area contributed by atoms with Crippen molar-refractivity contribution in [2.24, 2.45) is 5.92 Å². The van der Waals surface area contributed by atoms with Gasteiger partial charge in [0.25, 0.3) is 0 Å². The zero-order valence-corrected chi connectivity index (χ0v) is 11.4. The van der Waals surface area contributed by atoms with Gasteiger partial charge in [0.05, 0.1) is 5.69 Å². The first-order valence-corrected chi connectivity index (χ1v) is 6.56. The van der Waals surface area contributed by atoms with E-state index in [-0.39, 0.29) is 0 Å². The van der Waals surface area contributed by atoms with Gasteiger partial charge in [0.2, 0.25) is 0 Å². The molecule has 0 aliphatic carbocycles. The van der Waals surface area contributed by atoms with Crippen LogP contribution in [0, 0.1) is 5.92 Å². The lowest BCUT2D eigenvalue weighted by molar-refractivity contribution is 0.490. The molecule has 0 amide bonds. The minimum atomic E-state index is 0.580. The first-order valence-electron chi connectivity index (χ1n) is 5.77. The fraction of sp³-hybridized carbons (Fsp3) is 0.583. The molecule has 0 radical (unpaired) electrons. The monoisotopic (exact) mass is 283 g/mol. The van der Waals surface area contributed by atoms with Crippen LogP contribution in [0.25, 0.3) is 0 Å². The predicted octanol–water partition coefficient (Wildman–Crippen LogP) is 3.05. The molecule has 1 aromatic heterocycles. The second kappa shape index (κ2) is 4.62. The van der Waals surface area contributed by atoms with Gasteiger partial charge in [0.15, 0.2) is 5.82 Å². The molecule has 1 aliphatic heterocycles. The molecule has 2 N–H and O–H groups in total. The van der Waals surface area contributed by atoms with Gasteiger partial charge in [-0.1, -0.05) is 13.8 Å². The summed E-state index contributed by atoms with van der Waals surface area (Å²) in [6.45, 7) is 5.59. The van der Waals surface area contributed by atoms with Gasteiger partial charge in [-0.25, -0.2) is 4.98 Å². The van der Waals surface area contributed by atoms with Gasteiger partial charge >= 0.3 is 0 Å². The minimum absolute atomic E-state index is 0.580. The van der Waals surface area contributed by atoms with Crippen molar-refractivity contribution >= 4 is 27.4 Å². The van der Waals surface area contributed by atoms with Gasteiger partial charge in [-0.15, -0.1) is 0 Å². The van der Waals surface area contributed by atoms with Crippen LogP contribution >= 0.6 is 15.9 Å². The van der Waals surface area contributed by atoms with Gasteiger partial charge in [0, 0.05) is 23.3 Å². The van der Waals surface area contributed by atoms with Crippen molar-refractivity contribution in [3.8, 4) is 0 Å². The molecule has 2 rings (SSSR count). The number of anilines is 2. The normalized spacial score (nSPS) is 20.8. The molecule has 4 heteroatoms. The van der Waals surface area contributed by atoms with E-state index in [0.717, 1.165) is 22.5 Å². The Hall–Kier alpha value is -0.770. The molecule has 1 saturated heterocycles. The molecule has 3 nitrogen and oxygen atoms in total. The second-order valence-electron chi connectivity index (χ2n) is 4.71. The van der Waals surface area contributed by atoms with Crippen LogP contribution in [0.3, 0.4) is 0 Å². The number of nitrogens with zero attached hydrogens (tertiary/aromatic N) is 2. The molecule has 0 bridgehead atoms. The molecule has 0 spiro atoms. The summed E-state index contributed by atoms with van der Waals surface area (Å²) < 4.78 is 0.939. The van der Waals surface area contributed by atoms with E-state index in [2.05, 4.69) is 39.7 Å². The Labute approximate surface area is 105 Å². The van der Waals surface area contributed by atoms with Gasteiger partial charge in [-0.3, -0.25) is 0 Å². The smallest absolute Gasteiger partial charge is 0.152 e. The topological polar surface area (TPSA) is 42.2 Å². The van der Waals surface area contributed by atoms with Crippen molar-refractivity contribution in [1.29, 1.82) is 0 Å². The van der Waals surface area contributed by atoms with Crippen LogP contribution in [0.4, 0.5) is 11.5 Å². The lowest BCUT2D eigenvalue weighted by Crippen LogP contribution is -2.34. The summed E-state index contributed by atoms with van der Waals surface area (Å²) in [5, 5.41) is 0. The fourth-order valence-corrected chi connectivity index (χ4v) is 2.79. The molecule has 0 aromatic carbocycles. The van der Waals surface area contributed by atoms with E-state index in [9.17, 15) is 0 Å². The lowest BCUT2D eigenvalue weighted by atomic mass is 10.0. The molecule has 1 fully saturated rings. The Kier molecular flexibility index (Phi) is 3.38. The highest BCUT2D eigenvalue weighted by Gasteiger charge is 2.29. The molecule has 0 saturated carbocycles. The number of rotatable bonds is 2. The Bertz CT molecular complexity index is 379. The van der Waals surface area contributed by atoms with Crippen molar-refractivity contribution in [2.45, 2.75) is 32.7 Å². The average Bonchev–Trinajstić information content (AvgIpc) is 2.66. The third-order valence-electron chi connectivity index (χ3n) is 3.20. The first-order chi connectivity index (χ1) is 7.59. The van der Waals surface area contributed by atoms with Crippen LogP contribution in [0.2, 0.25) is 0 Å². The van der Waals surface area contributed by atoms with Gasteiger partial charge < -0.3 is 10.6 Å². The number of nitrogen functional groups attached to an aromatic ring is 1. The van der Waals surface area contributed by atoms with Crippen molar-refractivity contribution in [1.82, 2.24) is 4.98 Å². The van der Waals surface area contributed by atoms with Gasteiger partial charge in [-0.05, 0) is 40.8 Å². The van der Waals surface area contributed by atoms with Crippen LogP contribution in [-0.4, -0.2) is 17.6 Å². The van der Waals surface area contributed by atoms with E-state index >= 15 is 0 Å². The van der Waals surface area contributed by atoms with Gasteiger partial charge in [0.1, 0.15) is 0 Å². The summed E-state index contributed by atoms with van der Waals surface area (Å²) in [6.07, 6.45) is 4.30. The van der Waals surface area contributed by atoms with Crippen molar-refractivity contribution in [3.63, 3.8) is 0 Å². The molecule has 1 aromatic rings. The summed E-state index contributed by atoms with van der Waals surface area (Å²) in [5.41, 5.74) is 6.80. The van der Waals surface area contributed by atoms with E-state index in [1.165, 1.54) is 12.8 Å². The maximum atomic E-state index is 6.03. The Balaban J connectivity index is 2.29. The highest BCUT2D eigenvalue weighted by molar-refractivity contribution is 9.10. The average molecular weight is 284 g/mol. The Morgan fingerprint density at radius 2 is 2.31 bits per heavy atom. The van der Waals surface area contributed by atoms with E-state index in [1.807, 2.05) is 12.3 Å². The van der Waals surface area contributed by atoms with Crippen LogP contribution in [0.1, 0.15) is 26.7 Å². The molecular formula is C12H18BrN3. The minimum Gasteiger partial charge on any atom is -0.396 e. The number of pyridine rings is 1. The highest BCUT2D eigenvalue weighted by atomic mass is 79.9. The Morgan fingerprint density at radius 1 is 1.56 bits per heavy atom. The van der Waals surface area contributed by atoms with E-state index < -0.39 is 0 Å². The molecule has 1 unspecified atom stereocenters. The number of hydrogen-bond donors (Lipinski definition) is 1. The molecule has 88 valence electrons. The zero-order valence-electron chi connectivity index (χ0n) is 9.78. The van der Waals surface area contributed by atoms with E-state index in [4.69, 9.17) is 5.73 Å². The van der Waals surface area contributed by atoms with Crippen molar-refractivity contribution in [2.75, 3.05) is 17.2 Å². The summed E-state index contributed by atoms with van der Waals surface area (Å²) in [6, 6.07) is 2.51. The van der Waals surface area contributed by atoms with Crippen molar-refractivity contribution in [3.05, 3.63) is 16.7 Å². The number of halogens is 1. The number of nitrogens with two attached hydrogens (primary N) is 1. The van der Waals surface area contributed by atoms with E-state index in [1.54, 1.807) is 0 Å². The summed E-state index contributed by atoms with van der Waals surface area (Å²) in [7, 11) is 0. The second-order valence-corrected chi connectivity index (χ2v) is 5.63. The summed E-state index contributed by atoms with van der Waals surface area (Å²) >= 11 is 3.39. The standard InChI is InChI=1S/C12H18BrN3/c1-8(2)11-4-3-5-16(11)12-10(14)6-9(13)7-15-12/h6-8,11H,3-5,14H2,1-2H3. The number of aromatic nitrogens is 1. The third kappa shape index (κ3) is 2.17.